The molecule has 2 aromatic heterocycles. The summed E-state index contributed by atoms with van der Waals surface area (Å²) in [5.41, 5.74) is 3.68. The van der Waals surface area contributed by atoms with Crippen LogP contribution in [0.5, 0.6) is 0 Å². The molecule has 2 heterocycles. The Bertz CT molecular complexity index is 1450. The van der Waals surface area contributed by atoms with Crippen LogP contribution < -0.4 is 10.9 Å². The molecule has 0 amide bonds. The lowest BCUT2D eigenvalue weighted by Gasteiger charge is -2.20. The van der Waals surface area contributed by atoms with Gasteiger partial charge in [0.25, 0.3) is 5.56 Å². The van der Waals surface area contributed by atoms with Crippen molar-refractivity contribution in [2.24, 2.45) is 0 Å². The molecule has 164 valence electrons. The average molecular weight is 468 g/mol. The van der Waals surface area contributed by atoms with Crippen LogP contribution in [0.25, 0.3) is 5.65 Å². The molecule has 1 unspecified atom stereocenters. The molecular weight excluding hydrogens is 446 g/mol. The molecular formula is C24H22ClN3O3S. The molecule has 32 heavy (non-hydrogen) atoms. The van der Waals surface area contributed by atoms with Gasteiger partial charge in [-0.1, -0.05) is 41.9 Å². The molecule has 0 aliphatic heterocycles. The molecule has 0 aliphatic rings. The number of sulfone groups is 1. The van der Waals surface area contributed by atoms with Gasteiger partial charge in [-0.25, -0.2) is 13.4 Å². The molecule has 0 fully saturated rings. The van der Waals surface area contributed by atoms with E-state index in [1.165, 1.54) is 16.7 Å². The smallest absolute Gasteiger partial charge is 0.258 e. The molecule has 6 nitrogen and oxygen atoms in total. The van der Waals surface area contributed by atoms with E-state index in [0.717, 1.165) is 16.7 Å². The van der Waals surface area contributed by atoms with E-state index in [0.29, 0.717) is 22.9 Å². The number of aryl methyl sites for hydroxylation is 1. The Morgan fingerprint density at radius 3 is 2.50 bits per heavy atom. The Morgan fingerprint density at radius 2 is 1.78 bits per heavy atom. The van der Waals surface area contributed by atoms with Crippen LogP contribution in [0.2, 0.25) is 5.02 Å². The van der Waals surface area contributed by atoms with Gasteiger partial charge in [0.2, 0.25) is 0 Å². The van der Waals surface area contributed by atoms with Crippen LogP contribution in [-0.4, -0.2) is 24.1 Å². The van der Waals surface area contributed by atoms with Crippen molar-refractivity contribution >= 4 is 27.1 Å². The van der Waals surface area contributed by atoms with Gasteiger partial charge in [-0.3, -0.25) is 9.20 Å². The summed E-state index contributed by atoms with van der Waals surface area (Å²) in [6.07, 6.45) is 2.94. The summed E-state index contributed by atoms with van der Waals surface area (Å²) < 4.78 is 25.7. The van der Waals surface area contributed by atoms with E-state index in [1.807, 2.05) is 37.3 Å². The zero-order valence-electron chi connectivity index (χ0n) is 17.6. The van der Waals surface area contributed by atoms with E-state index in [2.05, 4.69) is 10.3 Å². The number of benzene rings is 2. The van der Waals surface area contributed by atoms with E-state index in [9.17, 15) is 13.2 Å². The summed E-state index contributed by atoms with van der Waals surface area (Å²) in [7, 11) is -3.35. The van der Waals surface area contributed by atoms with Gasteiger partial charge in [0, 0.05) is 30.1 Å². The molecule has 0 saturated carbocycles. The van der Waals surface area contributed by atoms with Crippen LogP contribution >= 0.6 is 11.6 Å². The number of aromatic nitrogens is 2. The van der Waals surface area contributed by atoms with Crippen molar-refractivity contribution in [3.05, 3.63) is 111 Å². The number of rotatable bonds is 6. The first kappa shape index (κ1) is 22.2. The fourth-order valence-corrected chi connectivity index (χ4v) is 4.37. The predicted octanol–water partition coefficient (Wildman–Crippen LogP) is 3.94. The van der Waals surface area contributed by atoms with E-state index in [-0.39, 0.29) is 16.5 Å². The molecule has 0 bridgehead atoms. The highest BCUT2D eigenvalue weighted by Gasteiger charge is 2.17. The Kier molecular flexibility index (Phi) is 6.15. The molecule has 0 radical (unpaired) electrons. The van der Waals surface area contributed by atoms with Crippen LogP contribution in [0.4, 0.5) is 0 Å². The van der Waals surface area contributed by atoms with Gasteiger partial charge >= 0.3 is 0 Å². The van der Waals surface area contributed by atoms with Crippen molar-refractivity contribution in [2.75, 3.05) is 6.26 Å². The first-order valence-electron chi connectivity index (χ1n) is 9.98. The van der Waals surface area contributed by atoms with Gasteiger partial charge in [0.05, 0.1) is 16.6 Å². The predicted molar refractivity (Wildman–Crippen MR) is 126 cm³/mol. The number of pyridine rings is 1. The number of hydrogen-bond donors (Lipinski definition) is 1. The summed E-state index contributed by atoms with van der Waals surface area (Å²) in [5, 5.41) is 4.03. The summed E-state index contributed by atoms with van der Waals surface area (Å²) in [6.45, 7) is 2.23. The lowest BCUT2D eigenvalue weighted by atomic mass is 9.98. The van der Waals surface area contributed by atoms with Crippen molar-refractivity contribution in [3.63, 3.8) is 0 Å². The van der Waals surface area contributed by atoms with Crippen molar-refractivity contribution in [2.45, 2.75) is 24.4 Å². The summed E-state index contributed by atoms with van der Waals surface area (Å²) in [4.78, 5) is 17.4. The SMILES string of the molecule is Cc1ccc2nc(CNC(c3ccc(Cl)cc3)c3cccc(S(C)(=O)=O)c3)cc(=O)n2c1. The Labute approximate surface area is 191 Å². The first-order chi connectivity index (χ1) is 15.2. The van der Waals surface area contributed by atoms with Gasteiger partial charge in [-0.05, 0) is 53.9 Å². The highest BCUT2D eigenvalue weighted by Crippen LogP contribution is 2.26. The first-order valence-corrected chi connectivity index (χ1v) is 12.3. The highest BCUT2D eigenvalue weighted by molar-refractivity contribution is 7.90. The molecule has 8 heteroatoms. The number of fused-ring (bicyclic) bond motifs is 1. The van der Waals surface area contributed by atoms with E-state index >= 15 is 0 Å². The zero-order chi connectivity index (χ0) is 22.9. The molecule has 0 spiro atoms. The third-order valence-electron chi connectivity index (χ3n) is 5.17. The van der Waals surface area contributed by atoms with Gasteiger partial charge in [-0.2, -0.15) is 0 Å². The minimum absolute atomic E-state index is 0.155. The molecule has 0 aliphatic carbocycles. The lowest BCUT2D eigenvalue weighted by Crippen LogP contribution is -2.25. The second-order valence-corrected chi connectivity index (χ2v) is 10.2. The summed E-state index contributed by atoms with van der Waals surface area (Å²) in [5.74, 6) is 0. The topological polar surface area (TPSA) is 80.5 Å². The standard InChI is InChI=1S/C24H22ClN3O3S/c1-16-6-11-22-27-20(13-23(29)28(22)15-16)14-26-24(17-7-9-19(25)10-8-17)18-4-3-5-21(12-18)32(2,30)31/h3-13,15,24,26H,14H2,1-2H3. The largest absolute Gasteiger partial charge is 0.301 e. The fraction of sp³-hybridized carbons (Fsp3) is 0.167. The van der Waals surface area contributed by atoms with E-state index in [4.69, 9.17) is 11.6 Å². The van der Waals surface area contributed by atoms with E-state index in [1.54, 1.807) is 36.5 Å². The molecule has 2 aromatic carbocycles. The maximum Gasteiger partial charge on any atom is 0.258 e. The second-order valence-electron chi connectivity index (χ2n) is 7.73. The number of nitrogens with one attached hydrogen (secondary N) is 1. The van der Waals surface area contributed by atoms with Crippen LogP contribution in [0.1, 0.15) is 28.4 Å². The van der Waals surface area contributed by atoms with Crippen molar-refractivity contribution in [1.82, 2.24) is 14.7 Å². The zero-order valence-corrected chi connectivity index (χ0v) is 19.2. The molecule has 4 aromatic rings. The maximum absolute atomic E-state index is 12.5. The van der Waals surface area contributed by atoms with Crippen molar-refractivity contribution in [3.8, 4) is 0 Å². The minimum atomic E-state index is -3.35. The van der Waals surface area contributed by atoms with Crippen LogP contribution in [0.15, 0.2) is 82.6 Å². The van der Waals surface area contributed by atoms with Gasteiger partial charge in [-0.15, -0.1) is 0 Å². The molecule has 0 saturated heterocycles. The maximum atomic E-state index is 12.5. The Hall–Kier alpha value is -3.00. The summed E-state index contributed by atoms with van der Waals surface area (Å²) in [6, 6.07) is 19.1. The minimum Gasteiger partial charge on any atom is -0.301 e. The van der Waals surface area contributed by atoms with Gasteiger partial charge in [0.15, 0.2) is 9.84 Å². The van der Waals surface area contributed by atoms with E-state index < -0.39 is 9.84 Å². The normalized spacial score (nSPS) is 12.7. The monoisotopic (exact) mass is 467 g/mol. The number of hydrogen-bond acceptors (Lipinski definition) is 5. The molecule has 1 N–H and O–H groups in total. The third-order valence-corrected chi connectivity index (χ3v) is 6.53. The van der Waals surface area contributed by atoms with Gasteiger partial charge in [0.1, 0.15) is 5.65 Å². The molecule has 1 atom stereocenters. The van der Waals surface area contributed by atoms with Crippen LogP contribution in [-0.2, 0) is 16.4 Å². The average Bonchev–Trinajstić information content (AvgIpc) is 2.75. The number of nitrogens with zero attached hydrogens (tertiary/aromatic N) is 2. The van der Waals surface area contributed by atoms with Crippen molar-refractivity contribution in [1.29, 1.82) is 0 Å². The lowest BCUT2D eigenvalue weighted by molar-refractivity contribution is 0.591. The Balaban J connectivity index is 1.70. The van der Waals surface area contributed by atoms with Crippen molar-refractivity contribution < 1.29 is 8.42 Å². The Morgan fingerprint density at radius 1 is 1.03 bits per heavy atom. The second kappa shape index (κ2) is 8.86. The quantitative estimate of drug-likeness (QED) is 0.464. The van der Waals surface area contributed by atoms with Crippen LogP contribution in [0, 0.1) is 6.92 Å². The van der Waals surface area contributed by atoms with Crippen LogP contribution in [0.3, 0.4) is 0 Å². The summed E-state index contributed by atoms with van der Waals surface area (Å²) >= 11 is 6.06. The number of halogens is 1. The third kappa shape index (κ3) is 4.91. The fourth-order valence-electron chi connectivity index (χ4n) is 3.56. The highest BCUT2D eigenvalue weighted by atomic mass is 35.5. The van der Waals surface area contributed by atoms with Gasteiger partial charge < -0.3 is 5.32 Å². The molecule has 4 rings (SSSR count).